The van der Waals surface area contributed by atoms with Crippen LogP contribution < -0.4 is 10.2 Å². The van der Waals surface area contributed by atoms with Crippen LogP contribution in [0.5, 0.6) is 0 Å². The van der Waals surface area contributed by atoms with Crippen molar-refractivity contribution < 1.29 is 15.0 Å². The van der Waals surface area contributed by atoms with Gasteiger partial charge in [-0.05, 0) is 26.2 Å². The Morgan fingerprint density at radius 1 is 1.29 bits per heavy atom. The second-order valence-electron chi connectivity index (χ2n) is 5.51. The Morgan fingerprint density at radius 3 is 2.53 bits per heavy atom. The van der Waals surface area contributed by atoms with Crippen LogP contribution in [0.2, 0.25) is 0 Å². The highest BCUT2D eigenvalue weighted by atomic mass is 16.2. The molecule has 0 aromatic rings. The number of carbonyl (C=O) groups is 1. The second-order valence-corrected chi connectivity index (χ2v) is 5.51. The lowest BCUT2D eigenvalue weighted by atomic mass is 10.1. The molecule has 17 heavy (non-hydrogen) atoms. The Hall–Kier alpha value is -0.610. The molecule has 0 bridgehead atoms. The summed E-state index contributed by atoms with van der Waals surface area (Å²) in [5.74, 6) is 0.335. The fourth-order valence-corrected chi connectivity index (χ4v) is 2.33. The molecule has 1 aliphatic rings. The van der Waals surface area contributed by atoms with Crippen molar-refractivity contribution in [3.05, 3.63) is 0 Å². The normalized spacial score (nSPS) is 18.5. The molecule has 1 amide bonds. The molecule has 1 fully saturated rings. The minimum atomic E-state index is 0.102. The zero-order chi connectivity index (χ0) is 12.7. The van der Waals surface area contributed by atoms with Gasteiger partial charge < -0.3 is 15.1 Å². The van der Waals surface area contributed by atoms with Crippen LogP contribution in [0.1, 0.15) is 32.6 Å². The standard InChI is InChI=1S/C13H27N3O/c1-12(14-8-7-9-15(2)3)13(17)16-10-5-4-6-11-16/h12,14H,4-11H2,1-3H3/p+2/t12-/m1/s1. The molecule has 0 aliphatic carbocycles. The highest BCUT2D eigenvalue weighted by Gasteiger charge is 2.23. The van der Waals surface area contributed by atoms with Crippen molar-refractivity contribution >= 4 is 5.91 Å². The molecule has 1 saturated heterocycles. The summed E-state index contributed by atoms with van der Waals surface area (Å²) in [7, 11) is 4.34. The van der Waals surface area contributed by atoms with Gasteiger partial charge in [0.15, 0.2) is 6.04 Å². The summed E-state index contributed by atoms with van der Waals surface area (Å²) in [6, 6.07) is 0.102. The average Bonchev–Trinajstić information content (AvgIpc) is 2.34. The first-order valence-corrected chi connectivity index (χ1v) is 7.02. The molecule has 0 aromatic carbocycles. The van der Waals surface area contributed by atoms with Gasteiger partial charge >= 0.3 is 0 Å². The van der Waals surface area contributed by atoms with E-state index in [0.717, 1.165) is 19.6 Å². The predicted molar refractivity (Wildman–Crippen MR) is 69.0 cm³/mol. The molecule has 100 valence electrons. The number of quaternary nitrogens is 2. The van der Waals surface area contributed by atoms with Gasteiger partial charge in [0.25, 0.3) is 5.91 Å². The number of hydrogen-bond acceptors (Lipinski definition) is 1. The van der Waals surface area contributed by atoms with Gasteiger partial charge in [0.1, 0.15) is 0 Å². The summed E-state index contributed by atoms with van der Waals surface area (Å²) >= 11 is 0. The van der Waals surface area contributed by atoms with E-state index in [1.165, 1.54) is 37.1 Å². The van der Waals surface area contributed by atoms with Crippen LogP contribution in [0.3, 0.4) is 0 Å². The van der Waals surface area contributed by atoms with E-state index in [2.05, 4.69) is 19.4 Å². The first kappa shape index (κ1) is 14.5. The van der Waals surface area contributed by atoms with Crippen molar-refractivity contribution in [3.63, 3.8) is 0 Å². The third kappa shape index (κ3) is 5.50. The number of nitrogens with zero attached hydrogens (tertiary/aromatic N) is 1. The maximum absolute atomic E-state index is 12.1. The van der Waals surface area contributed by atoms with Gasteiger partial charge in [-0.2, -0.15) is 0 Å². The molecule has 1 atom stereocenters. The SMILES string of the molecule is C[C@@H]([NH2+]CCC[NH+](C)C)C(=O)N1CCCCC1. The van der Waals surface area contributed by atoms with Crippen molar-refractivity contribution in [3.8, 4) is 0 Å². The van der Waals surface area contributed by atoms with Crippen LogP contribution >= 0.6 is 0 Å². The Morgan fingerprint density at radius 2 is 1.94 bits per heavy atom. The molecular formula is C13H29N3O+2. The molecule has 0 radical (unpaired) electrons. The third-order valence-electron chi connectivity index (χ3n) is 3.46. The molecule has 1 rings (SSSR count). The molecule has 1 aliphatic heterocycles. The molecule has 0 aromatic heterocycles. The van der Waals surface area contributed by atoms with Gasteiger partial charge in [-0.3, -0.25) is 4.79 Å². The van der Waals surface area contributed by atoms with Crippen molar-refractivity contribution in [2.45, 2.75) is 38.6 Å². The summed E-state index contributed by atoms with van der Waals surface area (Å²) < 4.78 is 0. The van der Waals surface area contributed by atoms with Crippen LogP contribution in [0.4, 0.5) is 0 Å². The van der Waals surface area contributed by atoms with Gasteiger partial charge in [-0.15, -0.1) is 0 Å². The summed E-state index contributed by atoms with van der Waals surface area (Å²) in [4.78, 5) is 15.6. The van der Waals surface area contributed by atoms with E-state index >= 15 is 0 Å². The Bertz CT molecular complexity index is 225. The van der Waals surface area contributed by atoms with Crippen LogP contribution in [0.25, 0.3) is 0 Å². The molecule has 0 unspecified atom stereocenters. The minimum Gasteiger partial charge on any atom is -0.340 e. The molecule has 1 heterocycles. The molecule has 0 spiro atoms. The summed E-state index contributed by atoms with van der Waals surface area (Å²) in [5, 5.41) is 2.19. The zero-order valence-electron chi connectivity index (χ0n) is 11.7. The zero-order valence-corrected chi connectivity index (χ0v) is 11.7. The van der Waals surface area contributed by atoms with Crippen LogP contribution in [-0.4, -0.2) is 57.1 Å². The van der Waals surface area contributed by atoms with Crippen LogP contribution in [0, 0.1) is 0 Å². The fraction of sp³-hybridized carbons (Fsp3) is 0.923. The topological polar surface area (TPSA) is 41.4 Å². The fourth-order valence-electron chi connectivity index (χ4n) is 2.33. The van der Waals surface area contributed by atoms with E-state index in [9.17, 15) is 4.79 Å². The minimum absolute atomic E-state index is 0.102. The van der Waals surface area contributed by atoms with E-state index in [1.807, 2.05) is 11.8 Å². The maximum Gasteiger partial charge on any atom is 0.280 e. The number of nitrogens with one attached hydrogen (secondary N) is 1. The van der Waals surface area contributed by atoms with Crippen molar-refractivity contribution in [2.24, 2.45) is 0 Å². The molecule has 0 saturated carbocycles. The highest BCUT2D eigenvalue weighted by molar-refractivity contribution is 5.80. The Kier molecular flexibility index (Phi) is 6.52. The number of hydrogen-bond donors (Lipinski definition) is 2. The molecular weight excluding hydrogens is 214 g/mol. The Labute approximate surface area is 105 Å². The first-order chi connectivity index (χ1) is 8.11. The van der Waals surface area contributed by atoms with Crippen LogP contribution in [0.15, 0.2) is 0 Å². The van der Waals surface area contributed by atoms with Gasteiger partial charge in [-0.25, -0.2) is 0 Å². The number of likely N-dealkylation sites (tertiary alicyclic amines) is 1. The van der Waals surface area contributed by atoms with E-state index in [4.69, 9.17) is 0 Å². The lowest BCUT2D eigenvalue weighted by Crippen LogP contribution is -3.06. The lowest BCUT2D eigenvalue weighted by molar-refractivity contribution is -0.860. The number of piperidine rings is 1. The van der Waals surface area contributed by atoms with E-state index in [0.29, 0.717) is 5.91 Å². The molecule has 4 nitrogen and oxygen atoms in total. The third-order valence-corrected chi connectivity index (χ3v) is 3.46. The number of rotatable bonds is 6. The lowest BCUT2D eigenvalue weighted by Gasteiger charge is -2.28. The Balaban J connectivity index is 2.17. The maximum atomic E-state index is 12.1. The van der Waals surface area contributed by atoms with Gasteiger partial charge in [0.2, 0.25) is 0 Å². The number of carbonyl (C=O) groups excluding carboxylic acids is 1. The summed E-state index contributed by atoms with van der Waals surface area (Å²) in [5.41, 5.74) is 0. The number of amides is 1. The van der Waals surface area contributed by atoms with Gasteiger partial charge in [0.05, 0.1) is 27.2 Å². The van der Waals surface area contributed by atoms with Crippen molar-refractivity contribution in [1.82, 2.24) is 4.90 Å². The van der Waals surface area contributed by atoms with E-state index in [-0.39, 0.29) is 6.04 Å². The summed E-state index contributed by atoms with van der Waals surface area (Å²) in [6.45, 7) is 6.23. The van der Waals surface area contributed by atoms with Crippen LogP contribution in [-0.2, 0) is 4.79 Å². The van der Waals surface area contributed by atoms with E-state index < -0.39 is 0 Å². The van der Waals surface area contributed by atoms with Crippen molar-refractivity contribution in [2.75, 3.05) is 40.3 Å². The van der Waals surface area contributed by atoms with Gasteiger partial charge in [-0.1, -0.05) is 0 Å². The largest absolute Gasteiger partial charge is 0.340 e. The second kappa shape index (κ2) is 7.67. The molecule has 3 N–H and O–H groups in total. The van der Waals surface area contributed by atoms with Crippen molar-refractivity contribution in [1.29, 1.82) is 0 Å². The van der Waals surface area contributed by atoms with E-state index in [1.54, 1.807) is 0 Å². The van der Waals surface area contributed by atoms with Gasteiger partial charge in [0, 0.05) is 19.5 Å². The quantitative estimate of drug-likeness (QED) is 0.547. The first-order valence-electron chi connectivity index (χ1n) is 7.02. The monoisotopic (exact) mass is 243 g/mol. The summed E-state index contributed by atoms with van der Waals surface area (Å²) in [6.07, 6.45) is 4.83. The number of nitrogens with two attached hydrogens (primary N) is 1. The molecule has 4 heteroatoms. The average molecular weight is 243 g/mol. The smallest absolute Gasteiger partial charge is 0.280 e. The highest BCUT2D eigenvalue weighted by Crippen LogP contribution is 2.08. The predicted octanol–water partition coefficient (Wildman–Crippen LogP) is -1.51.